The van der Waals surface area contributed by atoms with Crippen LogP contribution in [-0.2, 0) is 21.8 Å². The molecule has 0 radical (unpaired) electrons. The normalized spacial score (nSPS) is 21.3. The number of alkyl halides is 2. The molecule has 0 atom stereocenters. The number of halogens is 2. The highest BCUT2D eigenvalue weighted by atomic mass is 32.2. The quantitative estimate of drug-likeness (QED) is 0.791. The lowest BCUT2D eigenvalue weighted by Gasteiger charge is -2.22. The van der Waals surface area contributed by atoms with Crippen molar-refractivity contribution in [3.05, 3.63) is 11.9 Å². The van der Waals surface area contributed by atoms with Gasteiger partial charge in [0.25, 0.3) is 5.92 Å². The number of hydrogen-bond donors (Lipinski definition) is 0. The van der Waals surface area contributed by atoms with Crippen LogP contribution in [0.25, 0.3) is 0 Å². The summed E-state index contributed by atoms with van der Waals surface area (Å²) in [6.45, 7) is -0.193. The third kappa shape index (κ3) is 2.77. The molecule has 9 heteroatoms. The number of sulfonamides is 1. The van der Waals surface area contributed by atoms with Gasteiger partial charge in [0.1, 0.15) is 11.5 Å². The number of nitrogens with zero attached hydrogens (tertiary/aromatic N) is 3. The van der Waals surface area contributed by atoms with E-state index in [1.54, 1.807) is 14.0 Å². The zero-order valence-electron chi connectivity index (χ0n) is 10.6. The Hall–Kier alpha value is -1.06. The molecule has 108 valence electrons. The molecule has 0 spiro atoms. The monoisotopic (exact) mass is 295 g/mol. The molecule has 2 rings (SSSR count). The average molecular weight is 295 g/mol. The largest absolute Gasteiger partial charge is 0.374 e. The number of aromatic nitrogens is 2. The van der Waals surface area contributed by atoms with Crippen LogP contribution in [0.4, 0.5) is 8.78 Å². The van der Waals surface area contributed by atoms with E-state index in [4.69, 9.17) is 4.74 Å². The van der Waals surface area contributed by atoms with Gasteiger partial charge in [-0.2, -0.15) is 9.40 Å². The minimum atomic E-state index is -3.98. The molecule has 1 fully saturated rings. The van der Waals surface area contributed by atoms with E-state index < -0.39 is 29.1 Å². The second-order valence-electron chi connectivity index (χ2n) is 4.46. The molecule has 0 aromatic carbocycles. The summed E-state index contributed by atoms with van der Waals surface area (Å²) in [5.74, 6) is -3.18. The molecule has 1 aliphatic heterocycles. The second kappa shape index (κ2) is 4.80. The third-order valence-corrected chi connectivity index (χ3v) is 4.96. The van der Waals surface area contributed by atoms with Crippen molar-refractivity contribution < 1.29 is 21.9 Å². The van der Waals surface area contributed by atoms with E-state index in [1.165, 1.54) is 10.9 Å². The fraction of sp³-hybridized carbons (Fsp3) is 0.700. The zero-order chi connectivity index (χ0) is 14.3. The molecule has 0 amide bonds. The summed E-state index contributed by atoms with van der Waals surface area (Å²) in [4.78, 5) is -0.0484. The smallest absolute Gasteiger partial charge is 0.284 e. The molecule has 1 saturated heterocycles. The van der Waals surface area contributed by atoms with Gasteiger partial charge in [0, 0.05) is 13.6 Å². The Morgan fingerprint density at radius 2 is 2.16 bits per heavy atom. The molecule has 6 nitrogen and oxygen atoms in total. The van der Waals surface area contributed by atoms with Gasteiger partial charge in [0.2, 0.25) is 10.0 Å². The van der Waals surface area contributed by atoms with Crippen molar-refractivity contribution in [2.75, 3.05) is 26.3 Å². The van der Waals surface area contributed by atoms with Gasteiger partial charge in [0.05, 0.1) is 25.0 Å². The summed E-state index contributed by atoms with van der Waals surface area (Å²) in [6, 6.07) is 0. The van der Waals surface area contributed by atoms with Gasteiger partial charge in [-0.25, -0.2) is 17.2 Å². The molecule has 0 aliphatic carbocycles. The van der Waals surface area contributed by atoms with Gasteiger partial charge in [-0.3, -0.25) is 4.68 Å². The Morgan fingerprint density at radius 1 is 1.47 bits per heavy atom. The highest BCUT2D eigenvalue weighted by Gasteiger charge is 2.40. The van der Waals surface area contributed by atoms with Crippen molar-refractivity contribution in [1.82, 2.24) is 14.1 Å². The molecule has 19 heavy (non-hydrogen) atoms. The summed E-state index contributed by atoms with van der Waals surface area (Å²) in [6.07, 6.45) is 1.18. The summed E-state index contributed by atoms with van der Waals surface area (Å²) < 4.78 is 58.4. The van der Waals surface area contributed by atoms with Crippen molar-refractivity contribution in [1.29, 1.82) is 0 Å². The number of ether oxygens (including phenoxy) is 1. The summed E-state index contributed by atoms with van der Waals surface area (Å²) in [7, 11) is -2.38. The van der Waals surface area contributed by atoms with Crippen molar-refractivity contribution >= 4 is 10.0 Å². The van der Waals surface area contributed by atoms with Crippen LogP contribution in [0.15, 0.2) is 11.1 Å². The number of rotatable bonds is 2. The second-order valence-corrected chi connectivity index (χ2v) is 6.37. The van der Waals surface area contributed by atoms with Gasteiger partial charge in [-0.15, -0.1) is 0 Å². The average Bonchev–Trinajstić information content (AvgIpc) is 2.54. The predicted molar refractivity (Wildman–Crippen MR) is 62.5 cm³/mol. The van der Waals surface area contributed by atoms with E-state index in [-0.39, 0.29) is 18.0 Å². The Kier molecular flexibility index (Phi) is 3.63. The molecule has 0 N–H and O–H groups in total. The van der Waals surface area contributed by atoms with Crippen molar-refractivity contribution in [3.63, 3.8) is 0 Å². The molecule has 1 aromatic heterocycles. The van der Waals surface area contributed by atoms with E-state index in [9.17, 15) is 17.2 Å². The lowest BCUT2D eigenvalue weighted by molar-refractivity contribution is -0.0630. The summed E-state index contributed by atoms with van der Waals surface area (Å²) in [5, 5.41) is 3.83. The van der Waals surface area contributed by atoms with Crippen LogP contribution < -0.4 is 0 Å². The molecule has 0 unspecified atom stereocenters. The van der Waals surface area contributed by atoms with Crippen LogP contribution in [-0.4, -0.2) is 54.7 Å². The highest BCUT2D eigenvalue weighted by Crippen LogP contribution is 2.25. The van der Waals surface area contributed by atoms with Crippen molar-refractivity contribution in [3.8, 4) is 0 Å². The first kappa shape index (κ1) is 14.4. The first-order valence-electron chi connectivity index (χ1n) is 5.68. The maximum atomic E-state index is 13.4. The van der Waals surface area contributed by atoms with E-state index in [2.05, 4.69) is 5.10 Å². The Morgan fingerprint density at radius 3 is 2.74 bits per heavy atom. The molecular weight excluding hydrogens is 280 g/mol. The number of hydrogen-bond acceptors (Lipinski definition) is 4. The van der Waals surface area contributed by atoms with Gasteiger partial charge in [-0.1, -0.05) is 0 Å². The standard InChI is InChI=1S/C10H15F2N3O3S/c1-8-9(5-13-14(8)2)19(16,17)15-3-4-18-7-10(11,12)6-15/h5H,3-4,6-7H2,1-2H3. The maximum Gasteiger partial charge on any atom is 0.284 e. The maximum absolute atomic E-state index is 13.4. The SMILES string of the molecule is Cc1c(S(=O)(=O)N2CCOCC(F)(F)C2)cnn1C. The lowest BCUT2D eigenvalue weighted by Crippen LogP contribution is -2.41. The van der Waals surface area contributed by atoms with E-state index in [0.29, 0.717) is 5.69 Å². The van der Waals surface area contributed by atoms with E-state index >= 15 is 0 Å². The van der Waals surface area contributed by atoms with Gasteiger partial charge in [0.15, 0.2) is 0 Å². The molecule has 0 saturated carbocycles. The first-order valence-corrected chi connectivity index (χ1v) is 7.12. The first-order chi connectivity index (χ1) is 8.74. The van der Waals surface area contributed by atoms with Crippen molar-refractivity contribution in [2.45, 2.75) is 17.7 Å². The van der Waals surface area contributed by atoms with Crippen molar-refractivity contribution in [2.24, 2.45) is 7.05 Å². The predicted octanol–water partition coefficient (Wildman–Crippen LogP) is 0.385. The molecule has 2 heterocycles. The van der Waals surface area contributed by atoms with Gasteiger partial charge >= 0.3 is 0 Å². The van der Waals surface area contributed by atoms with Crippen LogP contribution in [0.3, 0.4) is 0 Å². The highest BCUT2D eigenvalue weighted by molar-refractivity contribution is 7.89. The molecule has 1 aromatic rings. The fourth-order valence-electron chi connectivity index (χ4n) is 1.85. The van der Waals surface area contributed by atoms with Crippen LogP contribution >= 0.6 is 0 Å². The van der Waals surface area contributed by atoms with Crippen LogP contribution in [0.5, 0.6) is 0 Å². The Labute approximate surface area is 110 Å². The molecule has 1 aliphatic rings. The zero-order valence-corrected chi connectivity index (χ0v) is 11.5. The Bertz CT molecular complexity index is 571. The van der Waals surface area contributed by atoms with Gasteiger partial charge < -0.3 is 4.74 Å². The topological polar surface area (TPSA) is 64.4 Å². The lowest BCUT2D eigenvalue weighted by atomic mass is 10.4. The van der Waals surface area contributed by atoms with E-state index in [1.807, 2.05) is 0 Å². The fourth-order valence-corrected chi connectivity index (χ4v) is 3.48. The minimum absolute atomic E-state index is 0.0475. The minimum Gasteiger partial charge on any atom is -0.374 e. The Balaban J connectivity index is 2.36. The van der Waals surface area contributed by atoms with E-state index in [0.717, 1.165) is 4.31 Å². The van der Waals surface area contributed by atoms with Crippen LogP contribution in [0.2, 0.25) is 0 Å². The molecular formula is C10H15F2N3O3S. The number of aryl methyl sites for hydroxylation is 1. The van der Waals surface area contributed by atoms with Gasteiger partial charge in [-0.05, 0) is 6.92 Å². The van der Waals surface area contributed by atoms with Crippen LogP contribution in [0, 0.1) is 6.92 Å². The third-order valence-electron chi connectivity index (χ3n) is 3.01. The summed E-state index contributed by atoms with van der Waals surface area (Å²) in [5.41, 5.74) is 0.411. The molecule has 0 bridgehead atoms. The summed E-state index contributed by atoms with van der Waals surface area (Å²) >= 11 is 0. The van der Waals surface area contributed by atoms with Crippen LogP contribution in [0.1, 0.15) is 5.69 Å².